The first-order valence-electron chi connectivity index (χ1n) is 11.0. The van der Waals surface area contributed by atoms with Crippen LogP contribution in [0.3, 0.4) is 0 Å². The molecule has 0 fully saturated rings. The molecule has 0 saturated heterocycles. The summed E-state index contributed by atoms with van der Waals surface area (Å²) in [6.45, 7) is 1.92. The largest absolute Gasteiger partial charge is 0.485 e. The fourth-order valence-corrected chi connectivity index (χ4v) is 4.67. The number of carbonyl (C=O) groups excluding carboxylic acids is 1. The maximum atomic E-state index is 14.8. The first-order chi connectivity index (χ1) is 16.6. The number of hydrogen-bond acceptors (Lipinski definition) is 4. The molecule has 2 aromatic carbocycles. The van der Waals surface area contributed by atoms with Gasteiger partial charge < -0.3 is 9.64 Å². The van der Waals surface area contributed by atoms with Gasteiger partial charge in [-0.25, -0.2) is 4.39 Å². The predicted molar refractivity (Wildman–Crippen MR) is 119 cm³/mol. The van der Waals surface area contributed by atoms with Crippen LogP contribution in [0, 0.1) is 12.7 Å². The summed E-state index contributed by atoms with van der Waals surface area (Å²) in [5.41, 5.74) is 1.20. The highest BCUT2D eigenvalue weighted by Gasteiger charge is 2.47. The van der Waals surface area contributed by atoms with E-state index in [1.54, 1.807) is 30.3 Å². The van der Waals surface area contributed by atoms with Crippen molar-refractivity contribution >= 4 is 5.91 Å². The number of fused-ring (bicyclic) bond motifs is 3. The van der Waals surface area contributed by atoms with E-state index in [4.69, 9.17) is 4.74 Å². The molecule has 3 aromatic rings. The number of nitrogens with zero attached hydrogens (tertiary/aromatic N) is 3. The number of carbonyl (C=O) groups is 1. The Labute approximate surface area is 197 Å². The average Bonchev–Trinajstić information content (AvgIpc) is 2.98. The lowest BCUT2D eigenvalue weighted by Gasteiger charge is -2.46. The standard InChI is InChI=1S/C25H21F4N3O3/c1-14-20(33)10-11-31-21(14)24(34)30(15(2)25(27,28)29)13-32(31)22-17-7-4-3-6-16(17)12-35-23-18(22)8-5-9-19(23)26/h3-11,15,22H,12-13H2,1-2H3/t15-,22-/m0/s1. The van der Waals surface area contributed by atoms with Crippen molar-refractivity contribution in [3.8, 4) is 5.75 Å². The highest BCUT2D eigenvalue weighted by molar-refractivity contribution is 5.95. The van der Waals surface area contributed by atoms with Crippen molar-refractivity contribution in [3.05, 3.63) is 98.7 Å². The van der Waals surface area contributed by atoms with Crippen LogP contribution in [0.4, 0.5) is 17.6 Å². The van der Waals surface area contributed by atoms with Crippen LogP contribution >= 0.6 is 0 Å². The SMILES string of the molecule is Cc1c2n(ccc1=O)N([C@H]1c3ccccc3COc3c(F)cccc31)CN([C@@H](C)C(F)(F)F)C2=O. The van der Waals surface area contributed by atoms with Crippen molar-refractivity contribution in [1.29, 1.82) is 0 Å². The number of para-hydroxylation sites is 1. The number of pyridine rings is 1. The summed E-state index contributed by atoms with van der Waals surface area (Å²) in [5, 5.41) is 1.54. The van der Waals surface area contributed by atoms with Gasteiger partial charge in [-0.2, -0.15) is 13.2 Å². The third kappa shape index (κ3) is 3.64. The maximum absolute atomic E-state index is 14.8. The van der Waals surface area contributed by atoms with E-state index in [-0.39, 0.29) is 23.6 Å². The molecular weight excluding hydrogens is 466 g/mol. The van der Waals surface area contributed by atoms with Crippen LogP contribution < -0.4 is 15.2 Å². The average molecular weight is 487 g/mol. The van der Waals surface area contributed by atoms with Gasteiger partial charge in [-0.05, 0) is 31.0 Å². The van der Waals surface area contributed by atoms with Gasteiger partial charge in [0, 0.05) is 23.4 Å². The smallest absolute Gasteiger partial charge is 0.408 e. The molecule has 2 atom stereocenters. The van der Waals surface area contributed by atoms with Gasteiger partial charge in [0.05, 0.1) is 0 Å². The third-order valence-electron chi connectivity index (χ3n) is 6.61. The quantitative estimate of drug-likeness (QED) is 0.507. The number of rotatable bonds is 2. The van der Waals surface area contributed by atoms with E-state index in [0.29, 0.717) is 16.0 Å². The molecule has 2 aliphatic rings. The van der Waals surface area contributed by atoms with E-state index in [1.807, 2.05) is 0 Å². The monoisotopic (exact) mass is 487 g/mol. The number of ether oxygens (including phenoxy) is 1. The molecular formula is C25H21F4N3O3. The molecule has 35 heavy (non-hydrogen) atoms. The number of benzene rings is 2. The Kier molecular flexibility index (Phi) is 5.34. The summed E-state index contributed by atoms with van der Waals surface area (Å²) in [6.07, 6.45) is -3.33. The predicted octanol–water partition coefficient (Wildman–Crippen LogP) is 4.28. The van der Waals surface area contributed by atoms with Crippen molar-refractivity contribution in [2.24, 2.45) is 0 Å². The maximum Gasteiger partial charge on any atom is 0.408 e. The summed E-state index contributed by atoms with van der Waals surface area (Å²) < 4.78 is 63.4. The fourth-order valence-electron chi connectivity index (χ4n) is 4.67. The summed E-state index contributed by atoms with van der Waals surface area (Å²) in [7, 11) is 0. The van der Waals surface area contributed by atoms with Crippen LogP contribution in [-0.4, -0.2) is 34.4 Å². The molecule has 0 saturated carbocycles. The Hall–Kier alpha value is -3.82. The van der Waals surface area contributed by atoms with E-state index >= 15 is 0 Å². The minimum absolute atomic E-state index is 0.0136. The van der Waals surface area contributed by atoms with E-state index in [1.165, 1.54) is 41.0 Å². The van der Waals surface area contributed by atoms with Crippen molar-refractivity contribution in [1.82, 2.24) is 9.58 Å². The molecule has 3 heterocycles. The molecule has 6 nitrogen and oxygen atoms in total. The van der Waals surface area contributed by atoms with Crippen molar-refractivity contribution in [2.45, 2.75) is 38.7 Å². The second-order valence-electron chi connectivity index (χ2n) is 8.62. The van der Waals surface area contributed by atoms with Gasteiger partial charge in [0.2, 0.25) is 0 Å². The second-order valence-corrected chi connectivity index (χ2v) is 8.62. The van der Waals surface area contributed by atoms with Crippen LogP contribution in [0.25, 0.3) is 0 Å². The zero-order valence-electron chi connectivity index (χ0n) is 18.8. The van der Waals surface area contributed by atoms with Gasteiger partial charge in [-0.15, -0.1) is 0 Å². The lowest BCUT2D eigenvalue weighted by atomic mass is 9.94. The van der Waals surface area contributed by atoms with Gasteiger partial charge in [0.25, 0.3) is 5.91 Å². The molecule has 0 N–H and O–H groups in total. The number of hydrogen-bond donors (Lipinski definition) is 0. The zero-order valence-corrected chi connectivity index (χ0v) is 18.8. The number of alkyl halides is 3. The third-order valence-corrected chi connectivity index (χ3v) is 6.61. The van der Waals surface area contributed by atoms with E-state index in [9.17, 15) is 27.2 Å². The summed E-state index contributed by atoms with van der Waals surface area (Å²) in [4.78, 5) is 26.4. The minimum Gasteiger partial charge on any atom is -0.485 e. The van der Waals surface area contributed by atoms with Crippen molar-refractivity contribution in [2.75, 3.05) is 11.7 Å². The van der Waals surface area contributed by atoms with Gasteiger partial charge >= 0.3 is 6.18 Å². The molecule has 0 bridgehead atoms. The lowest BCUT2D eigenvalue weighted by Crippen LogP contribution is -2.60. The molecule has 1 aromatic heterocycles. The van der Waals surface area contributed by atoms with Gasteiger partial charge in [-0.3, -0.25) is 19.3 Å². The molecule has 10 heteroatoms. The van der Waals surface area contributed by atoms with Gasteiger partial charge in [0.15, 0.2) is 17.0 Å². The van der Waals surface area contributed by atoms with E-state index < -0.39 is 42.1 Å². The van der Waals surface area contributed by atoms with Gasteiger partial charge in [0.1, 0.15) is 31.1 Å². The summed E-state index contributed by atoms with van der Waals surface area (Å²) in [6, 6.07) is 9.89. The Morgan fingerprint density at radius 1 is 1.03 bits per heavy atom. The van der Waals surface area contributed by atoms with Crippen LogP contribution in [0.15, 0.2) is 59.5 Å². The Morgan fingerprint density at radius 2 is 1.74 bits per heavy atom. The fraction of sp³-hybridized carbons (Fsp3) is 0.280. The van der Waals surface area contributed by atoms with Crippen molar-refractivity contribution < 1.29 is 27.1 Å². The van der Waals surface area contributed by atoms with Crippen LogP contribution in [-0.2, 0) is 6.61 Å². The molecule has 0 radical (unpaired) electrons. The Bertz CT molecular complexity index is 1390. The number of aromatic nitrogens is 1. The topological polar surface area (TPSA) is 54.8 Å². The van der Waals surface area contributed by atoms with Crippen LogP contribution in [0.5, 0.6) is 5.75 Å². The summed E-state index contributed by atoms with van der Waals surface area (Å²) in [5.74, 6) is -1.52. The molecule has 0 spiro atoms. The second kappa shape index (κ2) is 8.14. The first-order valence-corrected chi connectivity index (χ1v) is 11.0. The normalized spacial score (nSPS) is 18.2. The van der Waals surface area contributed by atoms with Gasteiger partial charge in [-0.1, -0.05) is 36.4 Å². The van der Waals surface area contributed by atoms with Crippen molar-refractivity contribution in [3.63, 3.8) is 0 Å². The Morgan fingerprint density at radius 3 is 2.49 bits per heavy atom. The van der Waals surface area contributed by atoms with E-state index in [0.717, 1.165) is 12.5 Å². The number of amides is 1. The molecule has 0 unspecified atom stereocenters. The highest BCUT2D eigenvalue weighted by Crippen LogP contribution is 2.42. The highest BCUT2D eigenvalue weighted by atomic mass is 19.4. The zero-order chi connectivity index (χ0) is 25.1. The summed E-state index contributed by atoms with van der Waals surface area (Å²) >= 11 is 0. The molecule has 1 amide bonds. The molecule has 2 aliphatic heterocycles. The van der Waals surface area contributed by atoms with E-state index in [2.05, 4.69) is 0 Å². The van der Waals surface area contributed by atoms with Crippen LogP contribution in [0.1, 0.15) is 45.7 Å². The number of halogens is 4. The minimum atomic E-state index is -4.69. The van der Waals surface area contributed by atoms with Crippen LogP contribution in [0.2, 0.25) is 0 Å². The first kappa shape index (κ1) is 22.9. The molecule has 0 aliphatic carbocycles. The lowest BCUT2D eigenvalue weighted by molar-refractivity contribution is -0.173. The molecule has 5 rings (SSSR count). The molecule has 182 valence electrons. The Balaban J connectivity index is 1.79.